The van der Waals surface area contributed by atoms with Crippen LogP contribution in [0.2, 0.25) is 5.02 Å². The van der Waals surface area contributed by atoms with Crippen molar-refractivity contribution in [1.29, 1.82) is 0 Å². The normalized spacial score (nSPS) is 15.9. The second kappa shape index (κ2) is 6.75. The van der Waals surface area contributed by atoms with Gasteiger partial charge in [-0.05, 0) is 30.7 Å². The van der Waals surface area contributed by atoms with Gasteiger partial charge in [0.15, 0.2) is 0 Å². The van der Waals surface area contributed by atoms with E-state index in [9.17, 15) is 9.59 Å². The Morgan fingerprint density at radius 3 is 2.30 bits per heavy atom. The van der Waals surface area contributed by atoms with Gasteiger partial charge in [0.05, 0.1) is 0 Å². The van der Waals surface area contributed by atoms with E-state index in [1.807, 2.05) is 16.7 Å². The summed E-state index contributed by atoms with van der Waals surface area (Å²) in [5.74, 6) is 0.165. The Balaban J connectivity index is 2.01. The maximum absolute atomic E-state index is 12.4. The van der Waals surface area contributed by atoms with Crippen LogP contribution in [0, 0.1) is 0 Å². The SMILES string of the molecule is CCC(=O)N1CCCN(C(=O)c2ccc(Cl)cc2)CC1. The molecule has 0 spiro atoms. The van der Waals surface area contributed by atoms with E-state index < -0.39 is 0 Å². The molecule has 0 unspecified atom stereocenters. The molecule has 1 heterocycles. The molecule has 1 aromatic carbocycles. The number of carbonyl (C=O) groups excluding carboxylic acids is 2. The number of nitrogens with zero attached hydrogens (tertiary/aromatic N) is 2. The molecule has 1 aromatic rings. The number of benzene rings is 1. The molecule has 0 radical (unpaired) electrons. The van der Waals surface area contributed by atoms with E-state index in [0.717, 1.165) is 13.0 Å². The lowest BCUT2D eigenvalue weighted by Gasteiger charge is -2.22. The molecular formula is C15H19ClN2O2. The number of carbonyl (C=O) groups is 2. The predicted octanol–water partition coefficient (Wildman–Crippen LogP) is 2.42. The van der Waals surface area contributed by atoms with E-state index in [2.05, 4.69) is 0 Å². The summed E-state index contributed by atoms with van der Waals surface area (Å²) in [6.07, 6.45) is 1.34. The van der Waals surface area contributed by atoms with Gasteiger partial charge in [-0.3, -0.25) is 9.59 Å². The number of amides is 2. The van der Waals surface area contributed by atoms with Crippen LogP contribution in [-0.2, 0) is 4.79 Å². The van der Waals surface area contributed by atoms with Gasteiger partial charge >= 0.3 is 0 Å². The van der Waals surface area contributed by atoms with E-state index in [-0.39, 0.29) is 11.8 Å². The first-order valence-corrected chi connectivity index (χ1v) is 7.32. The van der Waals surface area contributed by atoms with E-state index in [0.29, 0.717) is 36.6 Å². The summed E-state index contributed by atoms with van der Waals surface area (Å²) >= 11 is 5.83. The highest BCUT2D eigenvalue weighted by molar-refractivity contribution is 6.30. The molecule has 0 N–H and O–H groups in total. The van der Waals surface area contributed by atoms with E-state index in [1.165, 1.54) is 0 Å². The Morgan fingerprint density at radius 1 is 1.05 bits per heavy atom. The Kier molecular flexibility index (Phi) is 5.01. The minimum absolute atomic E-state index is 0.00691. The number of halogens is 1. The fraction of sp³-hybridized carbons (Fsp3) is 0.467. The molecule has 20 heavy (non-hydrogen) atoms. The molecule has 5 heteroatoms. The van der Waals surface area contributed by atoms with Crippen LogP contribution in [0.15, 0.2) is 24.3 Å². The van der Waals surface area contributed by atoms with Gasteiger partial charge in [0, 0.05) is 43.2 Å². The summed E-state index contributed by atoms with van der Waals surface area (Å²) in [7, 11) is 0. The van der Waals surface area contributed by atoms with Crippen LogP contribution < -0.4 is 0 Å². The third-order valence-corrected chi connectivity index (χ3v) is 3.78. The van der Waals surface area contributed by atoms with Gasteiger partial charge in [-0.1, -0.05) is 18.5 Å². The molecule has 4 nitrogen and oxygen atoms in total. The topological polar surface area (TPSA) is 40.6 Å². The molecular weight excluding hydrogens is 276 g/mol. The quantitative estimate of drug-likeness (QED) is 0.840. The van der Waals surface area contributed by atoms with Crippen molar-refractivity contribution in [2.45, 2.75) is 19.8 Å². The van der Waals surface area contributed by atoms with Crippen molar-refractivity contribution in [3.63, 3.8) is 0 Å². The summed E-state index contributed by atoms with van der Waals surface area (Å²) in [4.78, 5) is 27.8. The monoisotopic (exact) mass is 294 g/mol. The molecule has 0 aliphatic carbocycles. The zero-order valence-electron chi connectivity index (χ0n) is 11.6. The first-order valence-electron chi connectivity index (χ1n) is 6.94. The summed E-state index contributed by atoms with van der Waals surface area (Å²) in [6, 6.07) is 6.92. The molecule has 0 aromatic heterocycles. The number of rotatable bonds is 2. The van der Waals surface area contributed by atoms with Crippen molar-refractivity contribution in [2.75, 3.05) is 26.2 Å². The first kappa shape index (κ1) is 14.9. The van der Waals surface area contributed by atoms with Crippen LogP contribution in [0.25, 0.3) is 0 Å². The summed E-state index contributed by atoms with van der Waals surface area (Å²) in [6.45, 7) is 4.50. The van der Waals surface area contributed by atoms with Gasteiger partial charge in [-0.25, -0.2) is 0 Å². The highest BCUT2D eigenvalue weighted by atomic mass is 35.5. The van der Waals surface area contributed by atoms with Gasteiger partial charge in [0.2, 0.25) is 5.91 Å². The van der Waals surface area contributed by atoms with Crippen molar-refractivity contribution in [3.8, 4) is 0 Å². The third kappa shape index (κ3) is 3.51. The maximum atomic E-state index is 12.4. The molecule has 1 aliphatic heterocycles. The van der Waals surface area contributed by atoms with Crippen molar-refractivity contribution in [2.24, 2.45) is 0 Å². The van der Waals surface area contributed by atoms with Crippen LogP contribution >= 0.6 is 11.6 Å². The van der Waals surface area contributed by atoms with Gasteiger partial charge in [0.1, 0.15) is 0 Å². The average molecular weight is 295 g/mol. The molecule has 0 bridgehead atoms. The lowest BCUT2D eigenvalue weighted by molar-refractivity contribution is -0.130. The predicted molar refractivity (Wildman–Crippen MR) is 78.8 cm³/mol. The average Bonchev–Trinajstić information content (AvgIpc) is 2.72. The largest absolute Gasteiger partial charge is 0.341 e. The molecule has 1 fully saturated rings. The van der Waals surface area contributed by atoms with E-state index in [4.69, 9.17) is 11.6 Å². The van der Waals surface area contributed by atoms with Crippen LogP contribution in [0.4, 0.5) is 0 Å². The highest BCUT2D eigenvalue weighted by Crippen LogP contribution is 2.13. The van der Waals surface area contributed by atoms with Crippen LogP contribution in [-0.4, -0.2) is 47.8 Å². The van der Waals surface area contributed by atoms with Crippen LogP contribution in [0.1, 0.15) is 30.1 Å². The fourth-order valence-electron chi connectivity index (χ4n) is 2.37. The minimum Gasteiger partial charge on any atom is -0.341 e. The van der Waals surface area contributed by atoms with Gasteiger partial charge in [-0.2, -0.15) is 0 Å². The summed E-state index contributed by atoms with van der Waals surface area (Å²) < 4.78 is 0. The van der Waals surface area contributed by atoms with E-state index in [1.54, 1.807) is 24.3 Å². The van der Waals surface area contributed by atoms with E-state index >= 15 is 0 Å². The van der Waals surface area contributed by atoms with Crippen LogP contribution in [0.3, 0.4) is 0 Å². The maximum Gasteiger partial charge on any atom is 0.253 e. The zero-order valence-corrected chi connectivity index (χ0v) is 12.4. The molecule has 108 valence electrons. The molecule has 2 rings (SSSR count). The smallest absolute Gasteiger partial charge is 0.253 e. The molecule has 1 aliphatic rings. The molecule has 1 saturated heterocycles. The number of hydrogen-bond donors (Lipinski definition) is 0. The van der Waals surface area contributed by atoms with Gasteiger partial charge in [0.25, 0.3) is 5.91 Å². The summed E-state index contributed by atoms with van der Waals surface area (Å²) in [5, 5.41) is 0.622. The lowest BCUT2D eigenvalue weighted by Crippen LogP contribution is -2.37. The Morgan fingerprint density at radius 2 is 1.65 bits per heavy atom. The summed E-state index contributed by atoms with van der Waals surface area (Å²) in [5.41, 5.74) is 0.643. The Hall–Kier alpha value is -1.55. The Labute approximate surface area is 124 Å². The second-order valence-electron chi connectivity index (χ2n) is 4.89. The van der Waals surface area contributed by atoms with Gasteiger partial charge in [-0.15, -0.1) is 0 Å². The molecule has 0 atom stereocenters. The van der Waals surface area contributed by atoms with Crippen molar-refractivity contribution < 1.29 is 9.59 Å². The zero-order chi connectivity index (χ0) is 14.5. The minimum atomic E-state index is 0.00691. The van der Waals surface area contributed by atoms with Crippen molar-refractivity contribution >= 4 is 23.4 Å². The molecule has 2 amide bonds. The first-order chi connectivity index (χ1) is 9.61. The van der Waals surface area contributed by atoms with Crippen molar-refractivity contribution in [1.82, 2.24) is 9.80 Å². The molecule has 0 saturated carbocycles. The fourth-order valence-corrected chi connectivity index (χ4v) is 2.49. The van der Waals surface area contributed by atoms with Gasteiger partial charge < -0.3 is 9.80 Å². The third-order valence-electron chi connectivity index (χ3n) is 3.53. The highest BCUT2D eigenvalue weighted by Gasteiger charge is 2.21. The second-order valence-corrected chi connectivity index (χ2v) is 5.32. The number of hydrogen-bond acceptors (Lipinski definition) is 2. The lowest BCUT2D eigenvalue weighted by atomic mass is 10.2. The Bertz CT molecular complexity index is 487. The van der Waals surface area contributed by atoms with Crippen molar-refractivity contribution in [3.05, 3.63) is 34.9 Å². The van der Waals surface area contributed by atoms with Crippen LogP contribution in [0.5, 0.6) is 0 Å². The standard InChI is InChI=1S/C15H19ClN2O2/c1-2-14(19)17-8-3-9-18(11-10-17)15(20)12-4-6-13(16)7-5-12/h4-7H,2-3,8-11H2,1H3.